The van der Waals surface area contributed by atoms with Crippen LogP contribution in [0.5, 0.6) is 11.5 Å². The monoisotopic (exact) mass is 504 g/mol. The normalized spacial score (nSPS) is 15.7. The summed E-state index contributed by atoms with van der Waals surface area (Å²) in [5.74, 6) is -0.671. The summed E-state index contributed by atoms with van der Waals surface area (Å²) >= 11 is 1.25. The quantitative estimate of drug-likeness (QED) is 0.258. The molecule has 0 spiro atoms. The van der Waals surface area contributed by atoms with Crippen LogP contribution in [0.2, 0.25) is 0 Å². The SMILES string of the molecule is CCCCCOc1ccc(C2C(C(=O)/C=C/c3ccccc3)=C(O)C(=O)N2c2nccs2)cc1OC. The van der Waals surface area contributed by atoms with E-state index in [1.165, 1.54) is 22.3 Å². The van der Waals surface area contributed by atoms with E-state index in [0.717, 1.165) is 24.8 Å². The van der Waals surface area contributed by atoms with E-state index in [-0.39, 0.29) is 5.57 Å². The van der Waals surface area contributed by atoms with Gasteiger partial charge in [-0.2, -0.15) is 0 Å². The summed E-state index contributed by atoms with van der Waals surface area (Å²) in [7, 11) is 1.54. The van der Waals surface area contributed by atoms with Crippen LogP contribution < -0.4 is 14.4 Å². The highest BCUT2D eigenvalue weighted by molar-refractivity contribution is 7.13. The van der Waals surface area contributed by atoms with Gasteiger partial charge in [0.1, 0.15) is 0 Å². The standard InChI is InChI=1S/C28H28N2O5S/c1-3-4-8-16-35-22-14-12-20(18-23(22)34-2)25-24(21(31)13-11-19-9-6-5-7-10-19)26(32)27(33)30(25)28-29-15-17-36-28/h5-7,9-15,17-18,25,32H,3-4,8,16H2,1-2H3/b13-11+. The van der Waals surface area contributed by atoms with E-state index in [9.17, 15) is 14.7 Å². The fourth-order valence-corrected chi connectivity index (χ4v) is 4.71. The molecule has 186 valence electrons. The number of carbonyl (C=O) groups is 2. The summed E-state index contributed by atoms with van der Waals surface area (Å²) in [6.45, 7) is 2.69. The molecule has 0 bridgehead atoms. The number of allylic oxidation sites excluding steroid dienone is 1. The van der Waals surface area contributed by atoms with Gasteiger partial charge in [-0.05, 0) is 35.8 Å². The molecule has 8 heteroatoms. The van der Waals surface area contributed by atoms with E-state index in [2.05, 4.69) is 11.9 Å². The first-order chi connectivity index (χ1) is 17.5. The molecule has 1 aromatic heterocycles. The Labute approximate surface area is 214 Å². The van der Waals surface area contributed by atoms with Crippen molar-refractivity contribution in [3.63, 3.8) is 0 Å². The molecule has 1 aliphatic rings. The van der Waals surface area contributed by atoms with Crippen molar-refractivity contribution in [2.24, 2.45) is 0 Å². The molecule has 0 radical (unpaired) electrons. The molecule has 0 saturated heterocycles. The number of ketones is 1. The van der Waals surface area contributed by atoms with E-state index in [4.69, 9.17) is 9.47 Å². The predicted molar refractivity (Wildman–Crippen MR) is 140 cm³/mol. The van der Waals surface area contributed by atoms with Gasteiger partial charge in [-0.1, -0.05) is 62.2 Å². The Kier molecular flexibility index (Phi) is 8.17. The molecule has 0 aliphatic carbocycles. The number of unbranched alkanes of at least 4 members (excludes halogenated alkanes) is 2. The van der Waals surface area contributed by atoms with Crippen LogP contribution in [-0.4, -0.2) is 35.5 Å². The van der Waals surface area contributed by atoms with E-state index < -0.39 is 23.5 Å². The number of anilines is 1. The first-order valence-corrected chi connectivity index (χ1v) is 12.7. The number of rotatable bonds is 11. The molecule has 0 saturated carbocycles. The third kappa shape index (κ3) is 5.33. The van der Waals surface area contributed by atoms with Crippen molar-refractivity contribution in [1.82, 2.24) is 4.98 Å². The van der Waals surface area contributed by atoms with Gasteiger partial charge in [0.05, 0.1) is 25.3 Å². The molecule has 4 rings (SSSR count). The van der Waals surface area contributed by atoms with E-state index in [1.54, 1.807) is 43.0 Å². The maximum Gasteiger partial charge on any atom is 0.296 e. The lowest BCUT2D eigenvalue weighted by atomic mass is 9.95. The Morgan fingerprint density at radius 2 is 1.97 bits per heavy atom. The second kappa shape index (κ2) is 11.7. The highest BCUT2D eigenvalue weighted by Gasteiger charge is 2.45. The van der Waals surface area contributed by atoms with Gasteiger partial charge < -0.3 is 14.6 Å². The molecule has 36 heavy (non-hydrogen) atoms. The summed E-state index contributed by atoms with van der Waals surface area (Å²) in [5, 5.41) is 12.9. The minimum atomic E-state index is -0.875. The third-order valence-corrected chi connectivity index (χ3v) is 6.61. The molecule has 3 aromatic rings. The van der Waals surface area contributed by atoms with Gasteiger partial charge >= 0.3 is 0 Å². The van der Waals surface area contributed by atoms with Crippen LogP contribution in [0.15, 0.2) is 77.5 Å². The summed E-state index contributed by atoms with van der Waals surface area (Å²) in [4.78, 5) is 32.1. The number of hydrogen-bond acceptors (Lipinski definition) is 7. The van der Waals surface area contributed by atoms with Crippen LogP contribution in [-0.2, 0) is 9.59 Å². The number of methoxy groups -OCH3 is 1. The third-order valence-electron chi connectivity index (χ3n) is 5.83. The number of ether oxygens (including phenoxy) is 2. The lowest BCUT2D eigenvalue weighted by molar-refractivity contribution is -0.117. The zero-order valence-corrected chi connectivity index (χ0v) is 21.0. The van der Waals surface area contributed by atoms with Crippen LogP contribution in [0.1, 0.15) is 43.4 Å². The number of hydrogen-bond donors (Lipinski definition) is 1. The minimum Gasteiger partial charge on any atom is -0.503 e. The van der Waals surface area contributed by atoms with Crippen molar-refractivity contribution in [1.29, 1.82) is 0 Å². The summed E-state index contributed by atoms with van der Waals surface area (Å²) in [5.41, 5.74) is 1.41. The maximum absolute atomic E-state index is 13.3. The average molecular weight is 505 g/mol. The number of amides is 1. The van der Waals surface area contributed by atoms with Gasteiger partial charge in [-0.3, -0.25) is 14.5 Å². The van der Waals surface area contributed by atoms with Crippen LogP contribution in [0.3, 0.4) is 0 Å². The summed E-state index contributed by atoms with van der Waals surface area (Å²) < 4.78 is 11.5. The van der Waals surface area contributed by atoms with Crippen LogP contribution in [0.25, 0.3) is 6.08 Å². The fourth-order valence-electron chi connectivity index (χ4n) is 4.04. The maximum atomic E-state index is 13.3. The zero-order chi connectivity index (χ0) is 25.5. The highest BCUT2D eigenvalue weighted by atomic mass is 32.1. The van der Waals surface area contributed by atoms with Gasteiger partial charge in [-0.25, -0.2) is 4.98 Å². The Morgan fingerprint density at radius 3 is 2.67 bits per heavy atom. The van der Waals surface area contributed by atoms with Crippen molar-refractivity contribution >= 4 is 34.2 Å². The molecule has 1 amide bonds. The van der Waals surface area contributed by atoms with Crippen molar-refractivity contribution in [3.8, 4) is 11.5 Å². The zero-order valence-electron chi connectivity index (χ0n) is 20.2. The molecular weight excluding hydrogens is 476 g/mol. The minimum absolute atomic E-state index is 0.0129. The molecule has 2 heterocycles. The van der Waals surface area contributed by atoms with Gasteiger partial charge in [0, 0.05) is 11.6 Å². The molecule has 1 N–H and O–H groups in total. The fraction of sp³-hybridized carbons (Fsp3) is 0.250. The Bertz CT molecular complexity index is 1270. The van der Waals surface area contributed by atoms with E-state index >= 15 is 0 Å². The molecule has 0 fully saturated rings. The molecule has 1 unspecified atom stereocenters. The van der Waals surface area contributed by atoms with Crippen molar-refractivity contribution in [2.75, 3.05) is 18.6 Å². The van der Waals surface area contributed by atoms with Gasteiger partial charge in [0.15, 0.2) is 28.2 Å². The second-order valence-electron chi connectivity index (χ2n) is 8.23. The summed E-state index contributed by atoms with van der Waals surface area (Å²) in [6.07, 6.45) is 7.69. The van der Waals surface area contributed by atoms with Crippen molar-refractivity contribution in [3.05, 3.63) is 88.6 Å². The molecule has 1 aliphatic heterocycles. The molecule has 2 aromatic carbocycles. The molecular formula is C28H28N2O5S. The van der Waals surface area contributed by atoms with E-state index in [0.29, 0.717) is 28.8 Å². The lowest BCUT2D eigenvalue weighted by Gasteiger charge is -2.25. The average Bonchev–Trinajstić information content (AvgIpc) is 3.52. The van der Waals surface area contributed by atoms with Gasteiger partial charge in [-0.15, -0.1) is 11.3 Å². The first-order valence-electron chi connectivity index (χ1n) is 11.8. The number of nitrogens with zero attached hydrogens (tertiary/aromatic N) is 2. The molecule has 7 nitrogen and oxygen atoms in total. The van der Waals surface area contributed by atoms with Gasteiger partial charge in [0.25, 0.3) is 5.91 Å². The first kappa shape index (κ1) is 25.2. The Hall–Kier alpha value is -3.91. The highest BCUT2D eigenvalue weighted by Crippen LogP contribution is 2.43. The molecule has 1 atom stereocenters. The Morgan fingerprint density at radius 1 is 1.17 bits per heavy atom. The number of thiazole rings is 1. The summed E-state index contributed by atoms with van der Waals surface area (Å²) in [6, 6.07) is 13.7. The number of aliphatic hydroxyl groups is 1. The number of aliphatic hydroxyl groups excluding tert-OH is 1. The second-order valence-corrected chi connectivity index (χ2v) is 9.10. The van der Waals surface area contributed by atoms with Crippen molar-refractivity contribution < 1.29 is 24.2 Å². The lowest BCUT2D eigenvalue weighted by Crippen LogP contribution is -2.30. The number of aromatic nitrogens is 1. The number of benzene rings is 2. The van der Waals surface area contributed by atoms with Gasteiger partial charge in [0.2, 0.25) is 0 Å². The van der Waals surface area contributed by atoms with E-state index in [1.807, 2.05) is 30.3 Å². The Balaban J connectivity index is 1.71. The number of carbonyl (C=O) groups excluding carboxylic acids is 2. The van der Waals surface area contributed by atoms with Crippen LogP contribution >= 0.6 is 11.3 Å². The van der Waals surface area contributed by atoms with Crippen molar-refractivity contribution in [2.45, 2.75) is 32.2 Å². The largest absolute Gasteiger partial charge is 0.503 e. The smallest absolute Gasteiger partial charge is 0.296 e. The predicted octanol–water partition coefficient (Wildman–Crippen LogP) is 5.90. The van der Waals surface area contributed by atoms with Crippen LogP contribution in [0.4, 0.5) is 5.13 Å². The van der Waals surface area contributed by atoms with Crippen LogP contribution in [0, 0.1) is 0 Å². The topological polar surface area (TPSA) is 89.0 Å².